The van der Waals surface area contributed by atoms with E-state index in [4.69, 9.17) is 14.2 Å². The van der Waals surface area contributed by atoms with Crippen LogP contribution in [-0.4, -0.2) is 79.5 Å². The van der Waals surface area contributed by atoms with E-state index in [0.717, 1.165) is 93.4 Å². The first-order chi connectivity index (χ1) is 20.3. The number of ether oxygens (including phenoxy) is 3. The van der Waals surface area contributed by atoms with Crippen molar-refractivity contribution in [3.05, 3.63) is 56.5 Å². The number of fused-ring (bicyclic) bond motifs is 3. The molecular formula is C33H46N4O5. The van der Waals surface area contributed by atoms with Crippen LogP contribution in [0.3, 0.4) is 0 Å². The average molecular weight is 579 g/mol. The molecule has 3 saturated heterocycles. The number of H-pyrrole nitrogens is 1. The van der Waals surface area contributed by atoms with E-state index in [1.165, 1.54) is 6.42 Å². The molecule has 2 aromatic rings. The van der Waals surface area contributed by atoms with Gasteiger partial charge in [-0.15, -0.1) is 0 Å². The summed E-state index contributed by atoms with van der Waals surface area (Å²) in [6, 6.07) is 6.90. The van der Waals surface area contributed by atoms with E-state index in [9.17, 15) is 9.59 Å². The molecular weight excluding hydrogens is 532 g/mol. The summed E-state index contributed by atoms with van der Waals surface area (Å²) < 4.78 is 18.1. The van der Waals surface area contributed by atoms with Crippen LogP contribution in [-0.2, 0) is 16.0 Å². The Morgan fingerprint density at radius 2 is 1.90 bits per heavy atom. The average Bonchev–Trinajstić information content (AvgIpc) is 2.97. The van der Waals surface area contributed by atoms with Crippen molar-refractivity contribution in [2.45, 2.75) is 90.6 Å². The summed E-state index contributed by atoms with van der Waals surface area (Å²) in [6.07, 6.45) is 5.76. The SMILES string of the molecule is CCN(c1cc(O[C@H]2C[C@H](N3CCOCC3)C2)cc(C(=O)NCc2c(C)cc(C)[nH]c2=O)c1C)C1CC2CC[C@@H]1CO2. The second-order valence-electron chi connectivity index (χ2n) is 12.6. The molecule has 2 unspecified atom stereocenters. The highest BCUT2D eigenvalue weighted by Gasteiger charge is 2.40. The first-order valence-electron chi connectivity index (χ1n) is 15.8. The van der Waals surface area contributed by atoms with Gasteiger partial charge in [-0.1, -0.05) is 0 Å². The van der Waals surface area contributed by atoms with Gasteiger partial charge in [0.25, 0.3) is 11.5 Å². The molecule has 5 aliphatic rings. The number of nitrogens with zero attached hydrogens (tertiary/aromatic N) is 2. The molecule has 2 aliphatic carbocycles. The number of pyridine rings is 1. The van der Waals surface area contributed by atoms with Crippen LogP contribution in [0.15, 0.2) is 23.0 Å². The number of nitrogens with one attached hydrogen (secondary N) is 2. The smallest absolute Gasteiger partial charge is 0.253 e. The van der Waals surface area contributed by atoms with Crippen molar-refractivity contribution in [1.29, 1.82) is 0 Å². The number of hydrogen-bond donors (Lipinski definition) is 2. The van der Waals surface area contributed by atoms with Crippen molar-refractivity contribution >= 4 is 11.6 Å². The molecule has 9 nitrogen and oxygen atoms in total. The summed E-state index contributed by atoms with van der Waals surface area (Å²) in [7, 11) is 0. The highest BCUT2D eigenvalue weighted by atomic mass is 16.5. The van der Waals surface area contributed by atoms with Crippen molar-refractivity contribution in [2.24, 2.45) is 5.92 Å². The molecule has 0 spiro atoms. The van der Waals surface area contributed by atoms with Gasteiger partial charge < -0.3 is 29.4 Å². The van der Waals surface area contributed by atoms with Gasteiger partial charge in [-0.25, -0.2) is 0 Å². The van der Waals surface area contributed by atoms with E-state index in [1.807, 2.05) is 32.9 Å². The number of aromatic amines is 1. The number of benzene rings is 1. The summed E-state index contributed by atoms with van der Waals surface area (Å²) in [4.78, 5) is 34.2. The molecule has 1 aromatic heterocycles. The largest absolute Gasteiger partial charge is 0.490 e. The van der Waals surface area contributed by atoms with E-state index in [0.29, 0.717) is 35.2 Å². The Balaban J connectivity index is 1.25. The van der Waals surface area contributed by atoms with Crippen LogP contribution in [0.5, 0.6) is 5.75 Å². The van der Waals surface area contributed by atoms with Crippen molar-refractivity contribution in [2.75, 3.05) is 44.4 Å². The summed E-state index contributed by atoms with van der Waals surface area (Å²) >= 11 is 0. The molecule has 228 valence electrons. The minimum atomic E-state index is -0.192. The van der Waals surface area contributed by atoms with E-state index in [1.54, 1.807) is 0 Å². The molecule has 9 heteroatoms. The minimum absolute atomic E-state index is 0.132. The van der Waals surface area contributed by atoms with Gasteiger partial charge in [-0.05, 0) is 70.2 Å². The van der Waals surface area contributed by atoms with Gasteiger partial charge in [0.15, 0.2) is 0 Å². The van der Waals surface area contributed by atoms with E-state index >= 15 is 0 Å². The molecule has 42 heavy (non-hydrogen) atoms. The van der Waals surface area contributed by atoms with E-state index in [2.05, 4.69) is 33.1 Å². The lowest BCUT2D eigenvalue weighted by Gasteiger charge is -2.48. The topological polar surface area (TPSA) is 96.1 Å². The Morgan fingerprint density at radius 3 is 2.55 bits per heavy atom. The second kappa shape index (κ2) is 12.4. The van der Waals surface area contributed by atoms with E-state index < -0.39 is 0 Å². The Kier molecular flexibility index (Phi) is 8.61. The van der Waals surface area contributed by atoms with Gasteiger partial charge in [0.05, 0.1) is 25.9 Å². The number of rotatable bonds is 9. The van der Waals surface area contributed by atoms with Gasteiger partial charge in [0.1, 0.15) is 11.9 Å². The molecule has 2 bridgehead atoms. The fourth-order valence-corrected chi connectivity index (χ4v) is 7.45. The van der Waals surface area contributed by atoms with Gasteiger partial charge in [0.2, 0.25) is 0 Å². The third kappa shape index (κ3) is 5.96. The van der Waals surface area contributed by atoms with Crippen LogP contribution in [0.2, 0.25) is 0 Å². The lowest BCUT2D eigenvalue weighted by atomic mass is 9.79. The maximum Gasteiger partial charge on any atom is 0.253 e. The van der Waals surface area contributed by atoms with Crippen LogP contribution < -0.4 is 20.5 Å². The van der Waals surface area contributed by atoms with Gasteiger partial charge in [-0.3, -0.25) is 14.5 Å². The Hall–Kier alpha value is -2.88. The normalized spacial score (nSPS) is 27.4. The number of amides is 1. The van der Waals surface area contributed by atoms with Gasteiger partial charge in [-0.2, -0.15) is 0 Å². The molecule has 3 atom stereocenters. The molecule has 2 saturated carbocycles. The summed E-state index contributed by atoms with van der Waals surface area (Å²) in [6.45, 7) is 13.4. The predicted octanol–water partition coefficient (Wildman–Crippen LogP) is 3.87. The fourth-order valence-electron chi connectivity index (χ4n) is 7.45. The third-order valence-corrected chi connectivity index (χ3v) is 9.96. The molecule has 3 aliphatic heterocycles. The van der Waals surface area contributed by atoms with Crippen molar-refractivity contribution in [3.8, 4) is 5.75 Å². The first-order valence-corrected chi connectivity index (χ1v) is 15.8. The second-order valence-corrected chi connectivity index (χ2v) is 12.6. The Morgan fingerprint density at radius 1 is 1.12 bits per heavy atom. The number of carbonyl (C=O) groups is 1. The number of carbonyl (C=O) groups excluding carboxylic acids is 1. The molecule has 1 amide bonds. The Bertz CT molecular complexity index is 1340. The molecule has 2 N–H and O–H groups in total. The predicted molar refractivity (Wildman–Crippen MR) is 163 cm³/mol. The number of anilines is 1. The maximum absolute atomic E-state index is 13.7. The quantitative estimate of drug-likeness (QED) is 0.467. The highest BCUT2D eigenvalue weighted by Crippen LogP contribution is 2.41. The number of hydrogen-bond acceptors (Lipinski definition) is 7. The van der Waals surface area contributed by atoms with E-state index in [-0.39, 0.29) is 24.1 Å². The van der Waals surface area contributed by atoms with Crippen LogP contribution in [0.25, 0.3) is 0 Å². The maximum atomic E-state index is 13.7. The highest BCUT2D eigenvalue weighted by molar-refractivity contribution is 5.97. The fraction of sp³-hybridized carbons (Fsp3) is 0.636. The van der Waals surface area contributed by atoms with Crippen molar-refractivity contribution < 1.29 is 19.0 Å². The zero-order valence-electron chi connectivity index (χ0n) is 25.5. The van der Waals surface area contributed by atoms with Crippen LogP contribution in [0, 0.1) is 26.7 Å². The summed E-state index contributed by atoms with van der Waals surface area (Å²) in [5.74, 6) is 1.04. The molecule has 4 heterocycles. The number of morpholine rings is 1. The molecule has 5 fully saturated rings. The zero-order valence-corrected chi connectivity index (χ0v) is 25.5. The van der Waals surface area contributed by atoms with Crippen LogP contribution in [0.4, 0.5) is 5.69 Å². The minimum Gasteiger partial charge on any atom is -0.490 e. The molecule has 0 radical (unpaired) electrons. The zero-order chi connectivity index (χ0) is 29.4. The Labute approximate surface area is 248 Å². The number of aryl methyl sites for hydroxylation is 2. The lowest BCUT2D eigenvalue weighted by Crippen LogP contribution is -2.53. The third-order valence-electron chi connectivity index (χ3n) is 9.96. The lowest BCUT2D eigenvalue weighted by molar-refractivity contribution is -0.0729. The van der Waals surface area contributed by atoms with Crippen molar-refractivity contribution in [3.63, 3.8) is 0 Å². The summed E-state index contributed by atoms with van der Waals surface area (Å²) in [5, 5.41) is 3.03. The molecule has 7 rings (SSSR count). The molecule has 1 aromatic carbocycles. The monoisotopic (exact) mass is 578 g/mol. The van der Waals surface area contributed by atoms with Gasteiger partial charge in [0, 0.05) is 85.6 Å². The van der Waals surface area contributed by atoms with Crippen LogP contribution >= 0.6 is 0 Å². The summed E-state index contributed by atoms with van der Waals surface area (Å²) in [5.41, 5.74) is 4.71. The van der Waals surface area contributed by atoms with Gasteiger partial charge >= 0.3 is 0 Å². The standard InChI is InChI=1S/C33H46N4O5/c1-5-37(31-16-25-7-6-23(31)19-41-25)30-17-27(42-26-13-24(14-26)36-8-10-40-11-9-36)15-28(22(30)4)32(38)34-18-29-20(2)12-21(3)35-33(29)39/h12,15,17,23-26,31H,5-11,13-14,16,18-19H2,1-4H3,(H,34,38)(H,35,39)/t23-,24-,25?,26-,31?/m1/s1. The van der Waals surface area contributed by atoms with Crippen molar-refractivity contribution in [1.82, 2.24) is 15.2 Å². The number of aromatic nitrogens is 1. The first kappa shape index (κ1) is 29.2. The van der Waals surface area contributed by atoms with Crippen LogP contribution in [0.1, 0.15) is 71.8 Å².